The molecule has 2 rings (SSSR count). The monoisotopic (exact) mass is 264 g/mol. The van der Waals surface area contributed by atoms with Gasteiger partial charge < -0.3 is 14.2 Å². The smallest absolute Gasteiger partial charge is 0.318 e. The van der Waals surface area contributed by atoms with Gasteiger partial charge in [-0.3, -0.25) is 4.79 Å². The molecule has 2 aromatic heterocycles. The van der Waals surface area contributed by atoms with Crippen LogP contribution in [-0.4, -0.2) is 32.7 Å². The first-order valence-electron chi connectivity index (χ1n) is 6.26. The first kappa shape index (κ1) is 13.3. The third-order valence-corrected chi connectivity index (χ3v) is 2.60. The SMILES string of the molecule is CCCC(C(=O)OCC)c1nc(-c2ncc[nH]2)no1. The van der Waals surface area contributed by atoms with Crippen molar-refractivity contribution in [2.75, 3.05) is 6.61 Å². The molecule has 0 radical (unpaired) electrons. The second kappa shape index (κ2) is 6.12. The summed E-state index contributed by atoms with van der Waals surface area (Å²) in [5, 5.41) is 3.82. The van der Waals surface area contributed by atoms with Crippen molar-refractivity contribution in [1.82, 2.24) is 20.1 Å². The Morgan fingerprint density at radius 2 is 2.37 bits per heavy atom. The van der Waals surface area contributed by atoms with E-state index in [1.807, 2.05) is 6.92 Å². The number of aromatic nitrogens is 4. The fourth-order valence-corrected chi connectivity index (χ4v) is 1.73. The number of hydrogen-bond acceptors (Lipinski definition) is 6. The number of ether oxygens (including phenoxy) is 1. The number of hydrogen-bond donors (Lipinski definition) is 1. The highest BCUT2D eigenvalue weighted by atomic mass is 16.5. The molecule has 1 atom stereocenters. The van der Waals surface area contributed by atoms with Crippen LogP contribution in [0.15, 0.2) is 16.9 Å². The summed E-state index contributed by atoms with van der Waals surface area (Å²) >= 11 is 0. The van der Waals surface area contributed by atoms with Crippen LogP contribution >= 0.6 is 0 Å². The number of esters is 1. The Bertz CT molecular complexity index is 521. The quantitative estimate of drug-likeness (QED) is 0.801. The Morgan fingerprint density at radius 3 is 3.00 bits per heavy atom. The molecule has 1 unspecified atom stereocenters. The maximum atomic E-state index is 11.9. The highest BCUT2D eigenvalue weighted by Crippen LogP contribution is 2.23. The van der Waals surface area contributed by atoms with Crippen LogP contribution < -0.4 is 0 Å². The molecule has 7 heteroatoms. The van der Waals surface area contributed by atoms with Crippen LogP contribution in [0.3, 0.4) is 0 Å². The topological polar surface area (TPSA) is 93.9 Å². The van der Waals surface area contributed by atoms with Crippen molar-refractivity contribution < 1.29 is 14.1 Å². The number of imidazole rings is 1. The summed E-state index contributed by atoms with van der Waals surface area (Å²) in [6.45, 7) is 4.08. The fraction of sp³-hybridized carbons (Fsp3) is 0.500. The number of nitrogens with one attached hydrogen (secondary N) is 1. The molecule has 7 nitrogen and oxygen atoms in total. The third kappa shape index (κ3) is 2.98. The van der Waals surface area contributed by atoms with Gasteiger partial charge in [0.05, 0.1) is 6.61 Å². The van der Waals surface area contributed by atoms with Crippen molar-refractivity contribution in [3.8, 4) is 11.6 Å². The molecule has 0 bridgehead atoms. The van der Waals surface area contributed by atoms with Crippen molar-refractivity contribution in [2.45, 2.75) is 32.6 Å². The van der Waals surface area contributed by atoms with Gasteiger partial charge >= 0.3 is 5.97 Å². The van der Waals surface area contributed by atoms with E-state index in [1.165, 1.54) is 0 Å². The Morgan fingerprint density at radius 1 is 1.53 bits per heavy atom. The standard InChI is InChI=1S/C12H16N4O3/c1-3-5-8(12(17)18-4-2)11-15-10(16-19-11)9-13-6-7-14-9/h6-8H,3-5H2,1-2H3,(H,13,14). The lowest BCUT2D eigenvalue weighted by molar-refractivity contribution is -0.145. The zero-order chi connectivity index (χ0) is 13.7. The van der Waals surface area contributed by atoms with E-state index in [4.69, 9.17) is 9.26 Å². The summed E-state index contributed by atoms with van der Waals surface area (Å²) in [5.74, 6) is 0.270. The van der Waals surface area contributed by atoms with Crippen molar-refractivity contribution in [1.29, 1.82) is 0 Å². The minimum Gasteiger partial charge on any atom is -0.465 e. The number of nitrogens with zero attached hydrogens (tertiary/aromatic N) is 3. The van der Waals surface area contributed by atoms with Crippen LogP contribution in [0.5, 0.6) is 0 Å². The molecule has 102 valence electrons. The van der Waals surface area contributed by atoms with Gasteiger partial charge in [0.2, 0.25) is 11.7 Å². The molecule has 19 heavy (non-hydrogen) atoms. The van der Waals surface area contributed by atoms with Crippen LogP contribution in [-0.2, 0) is 9.53 Å². The van der Waals surface area contributed by atoms with Gasteiger partial charge in [-0.05, 0) is 13.3 Å². The first-order chi connectivity index (χ1) is 9.26. The third-order valence-electron chi connectivity index (χ3n) is 2.60. The normalized spacial score (nSPS) is 12.3. The van der Waals surface area contributed by atoms with Gasteiger partial charge in [-0.25, -0.2) is 4.98 Å². The van der Waals surface area contributed by atoms with Gasteiger partial charge in [0.25, 0.3) is 0 Å². The summed E-state index contributed by atoms with van der Waals surface area (Å²) in [4.78, 5) is 23.0. The summed E-state index contributed by atoms with van der Waals surface area (Å²) in [7, 11) is 0. The van der Waals surface area contributed by atoms with Crippen molar-refractivity contribution in [2.24, 2.45) is 0 Å². The van der Waals surface area contributed by atoms with Crippen LogP contribution in [0.1, 0.15) is 38.5 Å². The van der Waals surface area contributed by atoms with Gasteiger partial charge in [0, 0.05) is 12.4 Å². The molecule has 0 aliphatic carbocycles. The highest BCUT2D eigenvalue weighted by molar-refractivity contribution is 5.76. The fourth-order valence-electron chi connectivity index (χ4n) is 1.73. The lowest BCUT2D eigenvalue weighted by Gasteiger charge is -2.09. The molecule has 0 fully saturated rings. The maximum Gasteiger partial charge on any atom is 0.318 e. The van der Waals surface area contributed by atoms with Crippen LogP contribution in [0, 0.1) is 0 Å². The average Bonchev–Trinajstić information content (AvgIpc) is 3.06. The number of rotatable bonds is 6. The van der Waals surface area contributed by atoms with Crippen molar-refractivity contribution >= 4 is 5.97 Å². The Hall–Kier alpha value is -2.18. The molecule has 0 amide bonds. The summed E-state index contributed by atoms with van der Waals surface area (Å²) in [5.41, 5.74) is 0. The summed E-state index contributed by atoms with van der Waals surface area (Å²) in [6, 6.07) is 0. The average molecular weight is 264 g/mol. The Labute approximate surface area is 110 Å². The molecule has 0 saturated heterocycles. The van der Waals surface area contributed by atoms with Gasteiger partial charge in [-0.15, -0.1) is 0 Å². The van der Waals surface area contributed by atoms with Gasteiger partial charge in [-0.1, -0.05) is 18.5 Å². The zero-order valence-corrected chi connectivity index (χ0v) is 10.9. The van der Waals surface area contributed by atoms with Gasteiger partial charge in [0.1, 0.15) is 5.92 Å². The highest BCUT2D eigenvalue weighted by Gasteiger charge is 2.27. The molecule has 0 aliphatic rings. The first-order valence-corrected chi connectivity index (χ1v) is 6.26. The van der Waals surface area contributed by atoms with E-state index in [9.17, 15) is 4.79 Å². The number of carbonyl (C=O) groups is 1. The molecule has 2 heterocycles. The maximum absolute atomic E-state index is 11.9. The molecule has 0 aliphatic heterocycles. The predicted octanol–water partition coefficient (Wildman–Crippen LogP) is 1.91. The molecule has 0 aromatic carbocycles. The lowest BCUT2D eigenvalue weighted by Crippen LogP contribution is -2.16. The molecule has 2 aromatic rings. The molecular formula is C12H16N4O3. The largest absolute Gasteiger partial charge is 0.465 e. The van der Waals surface area contributed by atoms with Gasteiger partial charge in [-0.2, -0.15) is 4.98 Å². The Kier molecular flexibility index (Phi) is 4.27. The van der Waals surface area contributed by atoms with E-state index in [1.54, 1.807) is 19.3 Å². The summed E-state index contributed by atoms with van der Waals surface area (Å²) < 4.78 is 10.2. The Balaban J connectivity index is 2.20. The van der Waals surface area contributed by atoms with E-state index >= 15 is 0 Å². The number of aromatic amines is 1. The van der Waals surface area contributed by atoms with Crippen LogP contribution in [0.4, 0.5) is 0 Å². The molecule has 0 spiro atoms. The van der Waals surface area contributed by atoms with E-state index in [0.29, 0.717) is 24.7 Å². The van der Waals surface area contributed by atoms with E-state index in [-0.39, 0.29) is 11.9 Å². The minimum absolute atomic E-state index is 0.270. The number of H-pyrrole nitrogens is 1. The van der Waals surface area contributed by atoms with Gasteiger partial charge in [0.15, 0.2) is 5.82 Å². The van der Waals surface area contributed by atoms with E-state index in [0.717, 1.165) is 6.42 Å². The molecular weight excluding hydrogens is 248 g/mol. The second-order valence-electron chi connectivity index (χ2n) is 3.99. The van der Waals surface area contributed by atoms with E-state index in [2.05, 4.69) is 20.1 Å². The van der Waals surface area contributed by atoms with Crippen LogP contribution in [0.25, 0.3) is 11.6 Å². The van der Waals surface area contributed by atoms with Crippen LogP contribution in [0.2, 0.25) is 0 Å². The molecule has 1 N–H and O–H groups in total. The molecule has 0 saturated carbocycles. The second-order valence-corrected chi connectivity index (χ2v) is 3.99. The minimum atomic E-state index is -0.513. The van der Waals surface area contributed by atoms with Crippen molar-refractivity contribution in [3.63, 3.8) is 0 Å². The number of carbonyl (C=O) groups excluding carboxylic acids is 1. The lowest BCUT2D eigenvalue weighted by atomic mass is 10.0. The predicted molar refractivity (Wildman–Crippen MR) is 66.2 cm³/mol. The van der Waals surface area contributed by atoms with Crippen molar-refractivity contribution in [3.05, 3.63) is 18.3 Å². The summed E-state index contributed by atoms with van der Waals surface area (Å²) in [6.07, 6.45) is 4.70. The van der Waals surface area contributed by atoms with E-state index < -0.39 is 5.92 Å². The zero-order valence-electron chi connectivity index (χ0n) is 10.9.